The molecule has 1 aromatic rings. The molecule has 0 aliphatic carbocycles. The molecule has 2 nitrogen and oxygen atoms in total. The van der Waals surface area contributed by atoms with Gasteiger partial charge in [0.1, 0.15) is 5.82 Å². The van der Waals surface area contributed by atoms with Crippen LogP contribution in [0.15, 0.2) is 22.7 Å². The number of nitrogens with one attached hydrogen (secondary N) is 1. The summed E-state index contributed by atoms with van der Waals surface area (Å²) in [6, 6.07) is 5.26. The van der Waals surface area contributed by atoms with Crippen molar-refractivity contribution < 1.29 is 9.13 Å². The summed E-state index contributed by atoms with van der Waals surface area (Å²) in [5.74, 6) is -0.152. The molecule has 90 valence electrons. The third-order valence-corrected chi connectivity index (χ3v) is 3.05. The third kappa shape index (κ3) is 4.20. The Kier molecular flexibility index (Phi) is 5.95. The number of benzene rings is 1. The summed E-state index contributed by atoms with van der Waals surface area (Å²) in [7, 11) is 3.56. The molecule has 0 radical (unpaired) electrons. The second-order valence-electron chi connectivity index (χ2n) is 3.71. The van der Waals surface area contributed by atoms with Crippen molar-refractivity contribution >= 4 is 15.9 Å². The monoisotopic (exact) mass is 289 g/mol. The van der Waals surface area contributed by atoms with Crippen LogP contribution >= 0.6 is 15.9 Å². The van der Waals surface area contributed by atoms with E-state index in [-0.39, 0.29) is 11.9 Å². The van der Waals surface area contributed by atoms with E-state index in [4.69, 9.17) is 4.74 Å². The van der Waals surface area contributed by atoms with Gasteiger partial charge in [-0.15, -0.1) is 0 Å². The van der Waals surface area contributed by atoms with Gasteiger partial charge in [0.05, 0.1) is 0 Å². The molecule has 1 aromatic carbocycles. The van der Waals surface area contributed by atoms with Crippen molar-refractivity contribution in [2.24, 2.45) is 0 Å². The van der Waals surface area contributed by atoms with Crippen LogP contribution in [0.25, 0.3) is 0 Å². The lowest BCUT2D eigenvalue weighted by Gasteiger charge is -2.16. The fourth-order valence-corrected chi connectivity index (χ4v) is 1.98. The van der Waals surface area contributed by atoms with Crippen LogP contribution in [-0.4, -0.2) is 26.8 Å². The Labute approximate surface area is 104 Å². The molecule has 0 amide bonds. The number of ether oxygens (including phenoxy) is 1. The SMILES string of the molecule is CNC(CCOC)Cc1cc(Br)ccc1F. The Balaban J connectivity index is 2.65. The first-order valence-electron chi connectivity index (χ1n) is 5.27. The minimum Gasteiger partial charge on any atom is -0.385 e. The summed E-state index contributed by atoms with van der Waals surface area (Å²) in [4.78, 5) is 0. The van der Waals surface area contributed by atoms with Crippen molar-refractivity contribution in [2.75, 3.05) is 20.8 Å². The Bertz CT molecular complexity index is 333. The highest BCUT2D eigenvalue weighted by atomic mass is 79.9. The molecule has 1 atom stereocenters. The van der Waals surface area contributed by atoms with Gasteiger partial charge in [-0.05, 0) is 43.7 Å². The molecule has 1 unspecified atom stereocenters. The summed E-state index contributed by atoms with van der Waals surface area (Å²) in [6.45, 7) is 0.682. The smallest absolute Gasteiger partial charge is 0.126 e. The molecule has 0 heterocycles. The average Bonchev–Trinajstić information content (AvgIpc) is 2.28. The van der Waals surface area contributed by atoms with E-state index in [1.165, 1.54) is 6.07 Å². The molecule has 0 aliphatic heterocycles. The lowest BCUT2D eigenvalue weighted by molar-refractivity contribution is 0.183. The Morgan fingerprint density at radius 2 is 2.25 bits per heavy atom. The number of likely N-dealkylation sites (N-methyl/N-ethyl adjacent to an activating group) is 1. The fourth-order valence-electron chi connectivity index (χ4n) is 1.57. The predicted molar refractivity (Wildman–Crippen MR) is 67.1 cm³/mol. The van der Waals surface area contributed by atoms with Crippen LogP contribution in [0.1, 0.15) is 12.0 Å². The van der Waals surface area contributed by atoms with Crippen LogP contribution in [0.5, 0.6) is 0 Å². The number of hydrogen-bond acceptors (Lipinski definition) is 2. The quantitative estimate of drug-likeness (QED) is 0.870. The first kappa shape index (κ1) is 13.6. The Hall–Kier alpha value is -0.450. The fraction of sp³-hybridized carbons (Fsp3) is 0.500. The molecular weight excluding hydrogens is 273 g/mol. The first-order valence-corrected chi connectivity index (χ1v) is 6.06. The molecule has 0 saturated carbocycles. The molecule has 16 heavy (non-hydrogen) atoms. The van der Waals surface area contributed by atoms with Crippen LogP contribution in [0.3, 0.4) is 0 Å². The lowest BCUT2D eigenvalue weighted by Crippen LogP contribution is -2.29. The minimum atomic E-state index is -0.152. The van der Waals surface area contributed by atoms with Crippen molar-refractivity contribution in [2.45, 2.75) is 18.9 Å². The summed E-state index contributed by atoms with van der Waals surface area (Å²) >= 11 is 3.35. The molecule has 4 heteroatoms. The number of halogens is 2. The van der Waals surface area contributed by atoms with E-state index in [1.54, 1.807) is 13.2 Å². The van der Waals surface area contributed by atoms with Gasteiger partial charge < -0.3 is 10.1 Å². The largest absolute Gasteiger partial charge is 0.385 e. The number of hydrogen-bond donors (Lipinski definition) is 1. The van der Waals surface area contributed by atoms with Gasteiger partial charge in [0.15, 0.2) is 0 Å². The normalized spacial score (nSPS) is 12.8. The van der Waals surface area contributed by atoms with E-state index in [9.17, 15) is 4.39 Å². The Morgan fingerprint density at radius 3 is 2.88 bits per heavy atom. The van der Waals surface area contributed by atoms with E-state index in [1.807, 2.05) is 13.1 Å². The number of methoxy groups -OCH3 is 1. The Morgan fingerprint density at radius 1 is 1.50 bits per heavy atom. The van der Waals surface area contributed by atoms with Gasteiger partial charge in [-0.25, -0.2) is 4.39 Å². The van der Waals surface area contributed by atoms with Crippen LogP contribution in [0.2, 0.25) is 0 Å². The highest BCUT2D eigenvalue weighted by molar-refractivity contribution is 9.10. The van der Waals surface area contributed by atoms with E-state index < -0.39 is 0 Å². The van der Waals surface area contributed by atoms with Crippen LogP contribution in [-0.2, 0) is 11.2 Å². The van der Waals surface area contributed by atoms with Gasteiger partial charge in [0.2, 0.25) is 0 Å². The zero-order valence-corrected chi connectivity index (χ0v) is 11.2. The molecule has 0 saturated heterocycles. The maximum Gasteiger partial charge on any atom is 0.126 e. The topological polar surface area (TPSA) is 21.3 Å². The molecule has 0 fully saturated rings. The van der Waals surface area contributed by atoms with Gasteiger partial charge in [0, 0.05) is 24.2 Å². The van der Waals surface area contributed by atoms with Gasteiger partial charge in [-0.3, -0.25) is 0 Å². The third-order valence-electron chi connectivity index (χ3n) is 2.55. The van der Waals surface area contributed by atoms with Crippen LogP contribution in [0, 0.1) is 5.82 Å². The van der Waals surface area contributed by atoms with E-state index in [2.05, 4.69) is 21.2 Å². The van der Waals surface area contributed by atoms with Gasteiger partial charge in [0.25, 0.3) is 0 Å². The van der Waals surface area contributed by atoms with Crippen LogP contribution in [0.4, 0.5) is 4.39 Å². The van der Waals surface area contributed by atoms with Crippen molar-refractivity contribution in [3.05, 3.63) is 34.1 Å². The molecule has 1 N–H and O–H groups in total. The zero-order chi connectivity index (χ0) is 12.0. The second-order valence-corrected chi connectivity index (χ2v) is 4.62. The molecule has 0 aromatic heterocycles. The van der Waals surface area contributed by atoms with Gasteiger partial charge in [-0.1, -0.05) is 15.9 Å². The van der Waals surface area contributed by atoms with Gasteiger partial charge >= 0.3 is 0 Å². The van der Waals surface area contributed by atoms with Crippen LogP contribution < -0.4 is 5.32 Å². The standard InChI is InChI=1S/C12H17BrFNO/c1-15-11(5-6-16-2)8-9-7-10(13)3-4-12(9)14/h3-4,7,11,15H,5-6,8H2,1-2H3. The predicted octanol–water partition coefficient (Wildman–Crippen LogP) is 2.76. The van der Waals surface area contributed by atoms with E-state index in [0.717, 1.165) is 16.5 Å². The van der Waals surface area contributed by atoms with E-state index >= 15 is 0 Å². The van der Waals surface area contributed by atoms with Crippen molar-refractivity contribution in [1.82, 2.24) is 5.32 Å². The van der Waals surface area contributed by atoms with E-state index in [0.29, 0.717) is 13.0 Å². The highest BCUT2D eigenvalue weighted by Crippen LogP contribution is 2.17. The first-order chi connectivity index (χ1) is 7.67. The average molecular weight is 290 g/mol. The zero-order valence-electron chi connectivity index (χ0n) is 9.59. The second kappa shape index (κ2) is 6.99. The van der Waals surface area contributed by atoms with Crippen molar-refractivity contribution in [1.29, 1.82) is 0 Å². The molecular formula is C12H17BrFNO. The minimum absolute atomic E-state index is 0.152. The lowest BCUT2D eigenvalue weighted by atomic mass is 10.0. The summed E-state index contributed by atoms with van der Waals surface area (Å²) in [6.07, 6.45) is 1.55. The summed E-state index contributed by atoms with van der Waals surface area (Å²) in [5.41, 5.74) is 0.727. The number of rotatable bonds is 6. The van der Waals surface area contributed by atoms with Crippen molar-refractivity contribution in [3.8, 4) is 0 Å². The molecule has 1 rings (SSSR count). The summed E-state index contributed by atoms with van der Waals surface area (Å²) in [5, 5.41) is 3.17. The van der Waals surface area contributed by atoms with Gasteiger partial charge in [-0.2, -0.15) is 0 Å². The molecule has 0 bridgehead atoms. The maximum absolute atomic E-state index is 13.5. The highest BCUT2D eigenvalue weighted by Gasteiger charge is 2.10. The summed E-state index contributed by atoms with van der Waals surface area (Å²) < 4.78 is 19.4. The maximum atomic E-state index is 13.5. The molecule has 0 spiro atoms. The molecule has 0 aliphatic rings. The van der Waals surface area contributed by atoms with Crippen molar-refractivity contribution in [3.63, 3.8) is 0 Å².